The molecule has 0 saturated heterocycles. The molecule has 0 fully saturated rings. The number of hydrogen-bond donors (Lipinski definition) is 2. The van der Waals surface area contributed by atoms with Crippen molar-refractivity contribution < 1.29 is 0 Å². The first-order valence-corrected chi connectivity index (χ1v) is 7.53. The smallest absolute Gasteiger partial charge is 0.110 e. The van der Waals surface area contributed by atoms with Crippen LogP contribution in [0.3, 0.4) is 0 Å². The van der Waals surface area contributed by atoms with Gasteiger partial charge in [-0.1, -0.05) is 12.1 Å². The van der Waals surface area contributed by atoms with Gasteiger partial charge in [-0.05, 0) is 50.9 Å². The molecule has 1 aromatic carbocycles. The van der Waals surface area contributed by atoms with E-state index < -0.39 is 0 Å². The molecule has 0 aliphatic heterocycles. The van der Waals surface area contributed by atoms with Crippen LogP contribution in [0.15, 0.2) is 29.6 Å². The van der Waals surface area contributed by atoms with Crippen molar-refractivity contribution in [2.75, 3.05) is 12.3 Å². The van der Waals surface area contributed by atoms with E-state index in [1.165, 1.54) is 10.6 Å². The molecule has 2 aromatic rings. The molecule has 0 aliphatic carbocycles. The Labute approximate surface area is 118 Å². The van der Waals surface area contributed by atoms with Gasteiger partial charge in [0.1, 0.15) is 5.01 Å². The molecule has 1 aromatic heterocycles. The largest absolute Gasteiger partial charge is 0.399 e. The molecule has 0 bridgehead atoms. The monoisotopic (exact) mass is 275 g/mol. The van der Waals surface area contributed by atoms with Crippen molar-refractivity contribution >= 4 is 17.0 Å². The fourth-order valence-electron chi connectivity index (χ4n) is 2.02. The first-order valence-electron chi connectivity index (χ1n) is 6.65. The number of aromatic nitrogens is 1. The Kier molecular flexibility index (Phi) is 4.93. The zero-order valence-electron chi connectivity index (χ0n) is 11.5. The summed E-state index contributed by atoms with van der Waals surface area (Å²) in [6.45, 7) is 5.19. The summed E-state index contributed by atoms with van der Waals surface area (Å²) in [5, 5.41) is 6.78. The van der Waals surface area contributed by atoms with Gasteiger partial charge in [0.05, 0.1) is 6.04 Å². The molecule has 102 valence electrons. The van der Waals surface area contributed by atoms with E-state index >= 15 is 0 Å². The number of nitrogen functional groups attached to an aromatic ring is 1. The van der Waals surface area contributed by atoms with Gasteiger partial charge in [0.2, 0.25) is 0 Å². The van der Waals surface area contributed by atoms with Gasteiger partial charge in [-0.25, -0.2) is 4.98 Å². The maximum absolute atomic E-state index is 5.77. The van der Waals surface area contributed by atoms with E-state index in [0.29, 0.717) is 6.04 Å². The van der Waals surface area contributed by atoms with Crippen LogP contribution in [-0.4, -0.2) is 11.5 Å². The third-order valence-electron chi connectivity index (χ3n) is 3.05. The Morgan fingerprint density at radius 2 is 2.26 bits per heavy atom. The van der Waals surface area contributed by atoms with Crippen LogP contribution in [0, 0.1) is 6.92 Å². The van der Waals surface area contributed by atoms with Crippen LogP contribution in [0.5, 0.6) is 0 Å². The molecule has 1 unspecified atom stereocenters. The van der Waals surface area contributed by atoms with Crippen molar-refractivity contribution in [1.29, 1.82) is 0 Å². The van der Waals surface area contributed by atoms with Crippen LogP contribution >= 0.6 is 11.3 Å². The van der Waals surface area contributed by atoms with Crippen molar-refractivity contribution in [2.45, 2.75) is 32.7 Å². The number of nitrogens with one attached hydrogen (secondary N) is 1. The molecular formula is C15H21N3S. The van der Waals surface area contributed by atoms with E-state index in [1.807, 2.05) is 25.1 Å². The average molecular weight is 275 g/mol. The number of anilines is 1. The molecule has 4 heteroatoms. The minimum absolute atomic E-state index is 0.333. The lowest BCUT2D eigenvalue weighted by atomic mass is 10.1. The second-order valence-electron chi connectivity index (χ2n) is 4.85. The maximum atomic E-state index is 5.77. The highest BCUT2D eigenvalue weighted by atomic mass is 32.1. The summed E-state index contributed by atoms with van der Waals surface area (Å²) in [7, 11) is 0. The van der Waals surface area contributed by atoms with Crippen LogP contribution < -0.4 is 11.1 Å². The van der Waals surface area contributed by atoms with Gasteiger partial charge in [-0.3, -0.25) is 0 Å². The number of thiazole rings is 1. The van der Waals surface area contributed by atoms with Gasteiger partial charge >= 0.3 is 0 Å². The van der Waals surface area contributed by atoms with Crippen LogP contribution in [0.1, 0.15) is 35.7 Å². The molecule has 2 rings (SSSR count). The molecule has 0 spiro atoms. The molecule has 3 N–H and O–H groups in total. The van der Waals surface area contributed by atoms with E-state index in [9.17, 15) is 0 Å². The first-order chi connectivity index (χ1) is 9.15. The molecule has 0 saturated carbocycles. The van der Waals surface area contributed by atoms with Gasteiger partial charge in [0, 0.05) is 16.8 Å². The minimum atomic E-state index is 0.333. The molecular weight excluding hydrogens is 254 g/mol. The van der Waals surface area contributed by atoms with Gasteiger partial charge in [0.15, 0.2) is 0 Å². The summed E-state index contributed by atoms with van der Waals surface area (Å²) in [6, 6.07) is 8.45. The molecule has 0 amide bonds. The molecule has 0 aliphatic rings. The van der Waals surface area contributed by atoms with Crippen LogP contribution in [0.4, 0.5) is 5.69 Å². The van der Waals surface area contributed by atoms with Crippen molar-refractivity contribution in [1.82, 2.24) is 10.3 Å². The molecule has 0 radical (unpaired) electrons. The normalized spacial score (nSPS) is 12.5. The summed E-state index contributed by atoms with van der Waals surface area (Å²) in [5.41, 5.74) is 9.02. The average Bonchev–Trinajstić information content (AvgIpc) is 2.81. The highest BCUT2D eigenvalue weighted by Gasteiger charge is 2.07. The third-order valence-corrected chi connectivity index (χ3v) is 4.20. The summed E-state index contributed by atoms with van der Waals surface area (Å²) < 4.78 is 0. The number of nitrogens with zero attached hydrogens (tertiary/aromatic N) is 1. The van der Waals surface area contributed by atoms with Crippen molar-refractivity contribution in [3.63, 3.8) is 0 Å². The number of nitrogens with two attached hydrogens (primary N) is 1. The maximum Gasteiger partial charge on any atom is 0.110 e. The quantitative estimate of drug-likeness (QED) is 0.628. The fraction of sp³-hybridized carbons (Fsp3) is 0.400. The Bertz CT molecular complexity index is 522. The van der Waals surface area contributed by atoms with Gasteiger partial charge < -0.3 is 11.1 Å². The molecule has 19 heavy (non-hydrogen) atoms. The molecule has 3 nitrogen and oxygen atoms in total. The van der Waals surface area contributed by atoms with Crippen molar-refractivity contribution in [2.24, 2.45) is 0 Å². The predicted octanol–water partition coefficient (Wildman–Crippen LogP) is 3.32. The summed E-state index contributed by atoms with van der Waals surface area (Å²) in [5.74, 6) is 0. The second kappa shape index (κ2) is 6.68. The highest BCUT2D eigenvalue weighted by Crippen LogP contribution is 2.17. The van der Waals surface area contributed by atoms with Crippen molar-refractivity contribution in [3.05, 3.63) is 45.9 Å². The predicted molar refractivity (Wildman–Crippen MR) is 82.4 cm³/mol. The zero-order valence-corrected chi connectivity index (χ0v) is 12.3. The minimum Gasteiger partial charge on any atom is -0.399 e. The highest BCUT2D eigenvalue weighted by molar-refractivity contribution is 7.09. The Balaban J connectivity index is 1.72. The van der Waals surface area contributed by atoms with E-state index in [-0.39, 0.29) is 0 Å². The van der Waals surface area contributed by atoms with Gasteiger partial charge in [0.25, 0.3) is 0 Å². The summed E-state index contributed by atoms with van der Waals surface area (Å²) in [6.07, 6.45) is 2.17. The number of aryl methyl sites for hydroxylation is 2. The second-order valence-corrected chi connectivity index (χ2v) is 5.74. The van der Waals surface area contributed by atoms with Crippen LogP contribution in [0.2, 0.25) is 0 Å². The topological polar surface area (TPSA) is 50.9 Å². The third kappa shape index (κ3) is 4.33. The summed E-state index contributed by atoms with van der Waals surface area (Å²) >= 11 is 1.72. The number of rotatable bonds is 6. The first kappa shape index (κ1) is 14.0. The number of hydrogen-bond acceptors (Lipinski definition) is 4. The lowest BCUT2D eigenvalue weighted by Gasteiger charge is -2.11. The van der Waals surface area contributed by atoms with Gasteiger partial charge in [-0.15, -0.1) is 11.3 Å². The molecule has 1 atom stereocenters. The van der Waals surface area contributed by atoms with Gasteiger partial charge in [-0.2, -0.15) is 0 Å². The molecule has 1 heterocycles. The van der Waals surface area contributed by atoms with Crippen LogP contribution in [0.25, 0.3) is 0 Å². The Morgan fingerprint density at radius 3 is 2.95 bits per heavy atom. The van der Waals surface area contributed by atoms with E-state index in [2.05, 4.69) is 28.7 Å². The van der Waals surface area contributed by atoms with E-state index in [1.54, 1.807) is 11.3 Å². The Hall–Kier alpha value is -1.39. The SMILES string of the molecule is Cc1csc(C(C)NCCCc2cccc(N)c2)n1. The lowest BCUT2D eigenvalue weighted by Crippen LogP contribution is -2.20. The van der Waals surface area contributed by atoms with Crippen LogP contribution in [-0.2, 0) is 6.42 Å². The number of benzene rings is 1. The van der Waals surface area contributed by atoms with Crippen molar-refractivity contribution in [3.8, 4) is 0 Å². The van der Waals surface area contributed by atoms with E-state index in [0.717, 1.165) is 30.8 Å². The fourth-order valence-corrected chi connectivity index (χ4v) is 2.85. The Morgan fingerprint density at radius 1 is 1.42 bits per heavy atom. The lowest BCUT2D eigenvalue weighted by molar-refractivity contribution is 0.555. The summed E-state index contributed by atoms with van der Waals surface area (Å²) in [4.78, 5) is 4.50. The van der Waals surface area contributed by atoms with E-state index in [4.69, 9.17) is 5.73 Å². The standard InChI is InChI=1S/C15H21N3S/c1-11-10-19-15(18-11)12(2)17-8-4-6-13-5-3-7-14(16)9-13/h3,5,7,9-10,12,17H,4,6,8,16H2,1-2H3. The zero-order chi connectivity index (χ0) is 13.7.